The van der Waals surface area contributed by atoms with Crippen molar-refractivity contribution in [3.05, 3.63) is 35.4 Å². The van der Waals surface area contributed by atoms with E-state index in [2.05, 4.69) is 0 Å². The fourth-order valence-corrected chi connectivity index (χ4v) is 1.37. The number of carbonyl (C=O) groups is 1. The molecule has 1 aromatic rings. The van der Waals surface area contributed by atoms with Gasteiger partial charge in [0.1, 0.15) is 11.6 Å². The first-order valence-electron chi connectivity index (χ1n) is 5.22. The molecule has 0 heterocycles. The van der Waals surface area contributed by atoms with E-state index < -0.39 is 11.6 Å². The molecular weight excluding hydrogens is 226 g/mol. The van der Waals surface area contributed by atoms with E-state index in [-0.39, 0.29) is 19.0 Å². The van der Waals surface area contributed by atoms with Gasteiger partial charge < -0.3 is 4.90 Å². The highest BCUT2D eigenvalue weighted by atomic mass is 19.1. The van der Waals surface area contributed by atoms with E-state index in [1.807, 2.05) is 0 Å². The maximum Gasteiger partial charge on any atom is 0.236 e. The first-order chi connectivity index (χ1) is 7.90. The Morgan fingerprint density at radius 1 is 1.24 bits per heavy atom. The molecule has 94 valence electrons. The normalized spacial score (nSPS) is 10.7. The van der Waals surface area contributed by atoms with Gasteiger partial charge in [0.25, 0.3) is 0 Å². The number of hydrogen-bond acceptors (Lipinski definition) is 2. The van der Waals surface area contributed by atoms with E-state index in [1.54, 1.807) is 26.0 Å². The van der Waals surface area contributed by atoms with Gasteiger partial charge in [-0.1, -0.05) is 6.07 Å². The van der Waals surface area contributed by atoms with Crippen LogP contribution in [0.5, 0.6) is 0 Å². The van der Waals surface area contributed by atoms with Crippen LogP contribution in [0.1, 0.15) is 5.56 Å². The topological polar surface area (TPSA) is 23.6 Å². The molecule has 1 rings (SSSR count). The summed E-state index contributed by atoms with van der Waals surface area (Å²) in [6.07, 6.45) is 0. The molecule has 0 aliphatic rings. The summed E-state index contributed by atoms with van der Waals surface area (Å²) in [5, 5.41) is 0. The molecule has 0 N–H and O–H groups in total. The largest absolute Gasteiger partial charge is 0.348 e. The van der Waals surface area contributed by atoms with Crippen LogP contribution in [-0.4, -0.2) is 43.4 Å². The summed E-state index contributed by atoms with van der Waals surface area (Å²) in [7, 11) is 5.04. The second-order valence-corrected chi connectivity index (χ2v) is 4.20. The van der Waals surface area contributed by atoms with Crippen molar-refractivity contribution in [1.29, 1.82) is 0 Å². The number of nitrogens with zero attached hydrogens (tertiary/aromatic N) is 2. The highest BCUT2D eigenvalue weighted by Gasteiger charge is 2.11. The van der Waals surface area contributed by atoms with Gasteiger partial charge in [0.15, 0.2) is 0 Å². The van der Waals surface area contributed by atoms with Crippen molar-refractivity contribution in [2.45, 2.75) is 6.54 Å². The molecule has 0 fully saturated rings. The van der Waals surface area contributed by atoms with Crippen LogP contribution in [0.4, 0.5) is 8.78 Å². The van der Waals surface area contributed by atoms with Crippen LogP contribution in [-0.2, 0) is 11.3 Å². The van der Waals surface area contributed by atoms with E-state index >= 15 is 0 Å². The van der Waals surface area contributed by atoms with Gasteiger partial charge in [0.2, 0.25) is 5.91 Å². The molecule has 5 heteroatoms. The average Bonchev–Trinajstić information content (AvgIpc) is 2.22. The van der Waals surface area contributed by atoms with Crippen LogP contribution in [0.3, 0.4) is 0 Å². The lowest BCUT2D eigenvalue weighted by atomic mass is 10.2. The van der Waals surface area contributed by atoms with E-state index in [0.29, 0.717) is 5.56 Å². The van der Waals surface area contributed by atoms with E-state index in [9.17, 15) is 13.6 Å². The van der Waals surface area contributed by atoms with Crippen LogP contribution in [0, 0.1) is 11.6 Å². The summed E-state index contributed by atoms with van der Waals surface area (Å²) in [6, 6.07) is 3.44. The second-order valence-electron chi connectivity index (χ2n) is 4.20. The quantitative estimate of drug-likeness (QED) is 0.798. The standard InChI is InChI=1S/C12H16F2N2O/c1-15(2)12(17)8-16(3)7-9-4-5-10(13)6-11(9)14/h4-6H,7-8H2,1-3H3. The third kappa shape index (κ3) is 4.11. The second kappa shape index (κ2) is 5.72. The molecule has 1 aromatic carbocycles. The first-order valence-corrected chi connectivity index (χ1v) is 5.22. The van der Waals surface area contributed by atoms with Gasteiger partial charge in [-0.15, -0.1) is 0 Å². The lowest BCUT2D eigenvalue weighted by Crippen LogP contribution is -2.34. The number of benzene rings is 1. The molecule has 0 saturated heterocycles. The predicted octanol–water partition coefficient (Wildman–Crippen LogP) is 1.48. The molecule has 0 aliphatic carbocycles. The molecule has 0 saturated carbocycles. The van der Waals surface area contributed by atoms with E-state index in [4.69, 9.17) is 0 Å². The van der Waals surface area contributed by atoms with Crippen molar-refractivity contribution >= 4 is 5.91 Å². The minimum absolute atomic E-state index is 0.0602. The Kier molecular flexibility index (Phi) is 4.57. The number of likely N-dealkylation sites (N-methyl/N-ethyl adjacent to an activating group) is 2. The van der Waals surface area contributed by atoms with Crippen molar-refractivity contribution in [3.63, 3.8) is 0 Å². The van der Waals surface area contributed by atoms with Crippen LogP contribution in [0.15, 0.2) is 18.2 Å². The smallest absolute Gasteiger partial charge is 0.236 e. The van der Waals surface area contributed by atoms with Crippen LogP contribution < -0.4 is 0 Å². The summed E-state index contributed by atoms with van der Waals surface area (Å²) in [4.78, 5) is 14.6. The Morgan fingerprint density at radius 2 is 1.88 bits per heavy atom. The SMILES string of the molecule is CN(CC(=O)N(C)C)Cc1ccc(F)cc1F. The molecule has 0 spiro atoms. The van der Waals surface area contributed by atoms with Gasteiger partial charge in [-0.25, -0.2) is 8.78 Å². The summed E-state index contributed by atoms with van der Waals surface area (Å²) in [5.41, 5.74) is 0.375. The van der Waals surface area contributed by atoms with E-state index in [0.717, 1.165) is 6.07 Å². The van der Waals surface area contributed by atoms with Crippen molar-refractivity contribution in [3.8, 4) is 0 Å². The van der Waals surface area contributed by atoms with Crippen molar-refractivity contribution in [1.82, 2.24) is 9.80 Å². The number of hydrogen-bond donors (Lipinski definition) is 0. The highest BCUT2D eigenvalue weighted by molar-refractivity contribution is 5.77. The van der Waals surface area contributed by atoms with Gasteiger partial charge in [-0.2, -0.15) is 0 Å². The lowest BCUT2D eigenvalue weighted by molar-refractivity contribution is -0.129. The monoisotopic (exact) mass is 242 g/mol. The zero-order valence-corrected chi connectivity index (χ0v) is 10.2. The number of carbonyl (C=O) groups excluding carboxylic acids is 1. The van der Waals surface area contributed by atoms with Gasteiger partial charge in [-0.3, -0.25) is 9.69 Å². The fraction of sp³-hybridized carbons (Fsp3) is 0.417. The minimum Gasteiger partial charge on any atom is -0.348 e. The Hall–Kier alpha value is -1.49. The van der Waals surface area contributed by atoms with Gasteiger partial charge in [0, 0.05) is 32.3 Å². The third-order valence-corrected chi connectivity index (χ3v) is 2.36. The molecule has 17 heavy (non-hydrogen) atoms. The van der Waals surface area contributed by atoms with Crippen LogP contribution >= 0.6 is 0 Å². The Balaban J connectivity index is 2.62. The van der Waals surface area contributed by atoms with Crippen LogP contribution in [0.2, 0.25) is 0 Å². The Morgan fingerprint density at radius 3 is 2.41 bits per heavy atom. The number of rotatable bonds is 4. The molecular formula is C12H16F2N2O. The zero-order valence-electron chi connectivity index (χ0n) is 10.2. The molecule has 0 radical (unpaired) electrons. The zero-order chi connectivity index (χ0) is 13.0. The number of halogens is 2. The minimum atomic E-state index is -0.599. The first kappa shape index (κ1) is 13.6. The molecule has 0 aliphatic heterocycles. The average molecular weight is 242 g/mol. The van der Waals surface area contributed by atoms with Gasteiger partial charge >= 0.3 is 0 Å². The molecule has 0 unspecified atom stereocenters. The summed E-state index contributed by atoms with van der Waals surface area (Å²) < 4.78 is 26.0. The fourth-order valence-electron chi connectivity index (χ4n) is 1.37. The van der Waals surface area contributed by atoms with Crippen LogP contribution in [0.25, 0.3) is 0 Å². The Labute approximate surface area is 99.6 Å². The summed E-state index contributed by atoms with van der Waals surface area (Å²) in [5.74, 6) is -1.25. The highest BCUT2D eigenvalue weighted by Crippen LogP contribution is 2.11. The van der Waals surface area contributed by atoms with E-state index in [1.165, 1.54) is 17.0 Å². The predicted molar refractivity (Wildman–Crippen MR) is 61.4 cm³/mol. The van der Waals surface area contributed by atoms with Gasteiger partial charge in [0.05, 0.1) is 6.54 Å². The third-order valence-electron chi connectivity index (χ3n) is 2.36. The summed E-state index contributed by atoms with van der Waals surface area (Å²) >= 11 is 0. The molecule has 0 aromatic heterocycles. The molecule has 0 atom stereocenters. The maximum absolute atomic E-state index is 13.3. The number of amides is 1. The van der Waals surface area contributed by atoms with Gasteiger partial charge in [-0.05, 0) is 13.1 Å². The molecule has 1 amide bonds. The maximum atomic E-state index is 13.3. The summed E-state index contributed by atoms with van der Waals surface area (Å²) in [6.45, 7) is 0.468. The molecule has 3 nitrogen and oxygen atoms in total. The van der Waals surface area contributed by atoms with Crippen molar-refractivity contribution in [2.75, 3.05) is 27.7 Å². The molecule has 0 bridgehead atoms. The van der Waals surface area contributed by atoms with Crippen molar-refractivity contribution in [2.24, 2.45) is 0 Å². The lowest BCUT2D eigenvalue weighted by Gasteiger charge is -2.19. The Bertz CT molecular complexity index is 407. The van der Waals surface area contributed by atoms with Crippen molar-refractivity contribution < 1.29 is 13.6 Å².